The zero-order chi connectivity index (χ0) is 15.6. The van der Waals surface area contributed by atoms with Gasteiger partial charge in [-0.1, -0.05) is 0 Å². The molecule has 0 amide bonds. The van der Waals surface area contributed by atoms with Crippen LogP contribution in [-0.4, -0.2) is 20.6 Å². The molecule has 0 radical (unpaired) electrons. The number of nitrogen functional groups attached to an aromatic ring is 1. The summed E-state index contributed by atoms with van der Waals surface area (Å²) in [5, 5.41) is 18.1. The van der Waals surface area contributed by atoms with Crippen LogP contribution in [0.4, 0.5) is 11.4 Å². The Hall–Kier alpha value is -2.72. The number of phenols is 1. The summed E-state index contributed by atoms with van der Waals surface area (Å²) in [6.07, 6.45) is 0. The van der Waals surface area contributed by atoms with E-state index in [1.165, 1.54) is 37.4 Å². The normalized spacial score (nSPS) is 10.9. The molecule has 3 N–H and O–H groups in total. The highest BCUT2D eigenvalue weighted by Crippen LogP contribution is 2.27. The number of aromatic hydroxyl groups is 1. The zero-order valence-electron chi connectivity index (χ0n) is 11.2. The number of phenolic OH excluding ortho intramolecular Hbond substituents is 1. The Morgan fingerprint density at radius 1 is 1.19 bits per heavy atom. The number of nitrogens with zero attached hydrogens (tertiary/aromatic N) is 2. The largest absolute Gasteiger partial charge is 0.506 e. The van der Waals surface area contributed by atoms with Gasteiger partial charge in [-0.25, -0.2) is 8.42 Å². The molecule has 0 atom stereocenters. The predicted octanol–water partition coefficient (Wildman–Crippen LogP) is 1.67. The highest BCUT2D eigenvalue weighted by Gasteiger charge is 2.22. The second kappa shape index (κ2) is 5.34. The van der Waals surface area contributed by atoms with Crippen LogP contribution in [0, 0.1) is 11.3 Å². The second-order valence-corrected chi connectivity index (χ2v) is 6.32. The molecule has 2 aromatic rings. The van der Waals surface area contributed by atoms with Crippen molar-refractivity contribution in [2.45, 2.75) is 4.90 Å². The van der Waals surface area contributed by atoms with Gasteiger partial charge in [-0.2, -0.15) is 5.26 Å². The fraction of sp³-hybridized carbons (Fsp3) is 0.0714. The van der Waals surface area contributed by atoms with Crippen LogP contribution in [0.1, 0.15) is 5.56 Å². The van der Waals surface area contributed by atoms with Crippen LogP contribution in [0.3, 0.4) is 0 Å². The van der Waals surface area contributed by atoms with Gasteiger partial charge < -0.3 is 10.8 Å². The minimum atomic E-state index is -3.79. The highest BCUT2D eigenvalue weighted by atomic mass is 32.2. The van der Waals surface area contributed by atoms with Gasteiger partial charge in [0.1, 0.15) is 5.75 Å². The van der Waals surface area contributed by atoms with E-state index in [1.807, 2.05) is 6.07 Å². The fourth-order valence-corrected chi connectivity index (χ4v) is 2.97. The van der Waals surface area contributed by atoms with E-state index in [0.29, 0.717) is 11.3 Å². The third-order valence-corrected chi connectivity index (χ3v) is 4.80. The van der Waals surface area contributed by atoms with E-state index in [4.69, 9.17) is 11.0 Å². The van der Waals surface area contributed by atoms with Crippen LogP contribution in [0.2, 0.25) is 0 Å². The lowest BCUT2D eigenvalue weighted by atomic mass is 10.2. The first-order valence-electron chi connectivity index (χ1n) is 5.94. The van der Waals surface area contributed by atoms with Crippen molar-refractivity contribution in [1.82, 2.24) is 0 Å². The molecule has 7 heteroatoms. The van der Waals surface area contributed by atoms with Gasteiger partial charge in [0.05, 0.1) is 27.9 Å². The Balaban J connectivity index is 2.42. The molecule has 0 saturated carbocycles. The lowest BCUT2D eigenvalue weighted by molar-refractivity contribution is 0.477. The fourth-order valence-electron chi connectivity index (χ4n) is 1.74. The van der Waals surface area contributed by atoms with Gasteiger partial charge in [-0.05, 0) is 42.5 Å². The summed E-state index contributed by atoms with van der Waals surface area (Å²) in [6, 6.07) is 11.8. The number of sulfonamides is 1. The second-order valence-electron chi connectivity index (χ2n) is 4.35. The first kappa shape index (κ1) is 14.7. The van der Waals surface area contributed by atoms with Gasteiger partial charge in [0, 0.05) is 7.05 Å². The summed E-state index contributed by atoms with van der Waals surface area (Å²) in [5.74, 6) is -0.171. The number of benzene rings is 2. The Morgan fingerprint density at radius 2 is 1.81 bits per heavy atom. The summed E-state index contributed by atoms with van der Waals surface area (Å²) in [4.78, 5) is -0.0235. The number of nitriles is 1. The van der Waals surface area contributed by atoms with E-state index < -0.39 is 10.0 Å². The smallest absolute Gasteiger partial charge is 0.264 e. The van der Waals surface area contributed by atoms with Crippen LogP contribution < -0.4 is 10.0 Å². The summed E-state index contributed by atoms with van der Waals surface area (Å²) >= 11 is 0. The van der Waals surface area contributed by atoms with Gasteiger partial charge in [-0.3, -0.25) is 4.31 Å². The van der Waals surface area contributed by atoms with Gasteiger partial charge >= 0.3 is 0 Å². The third kappa shape index (κ3) is 2.75. The molecular formula is C14H13N3O3S. The van der Waals surface area contributed by atoms with Gasteiger partial charge in [0.2, 0.25) is 0 Å². The van der Waals surface area contributed by atoms with Crippen molar-refractivity contribution in [1.29, 1.82) is 5.26 Å². The molecule has 0 fully saturated rings. The standard InChI is InChI=1S/C14H13N3O3S/c1-17(11-4-2-10(9-15)3-5-11)21(19,20)12-6-7-14(18)13(16)8-12/h2-8,18H,16H2,1H3. The molecule has 108 valence electrons. The molecule has 0 heterocycles. The van der Waals surface area contributed by atoms with Crippen molar-refractivity contribution >= 4 is 21.4 Å². The molecule has 21 heavy (non-hydrogen) atoms. The minimum Gasteiger partial charge on any atom is -0.506 e. The SMILES string of the molecule is CN(c1ccc(C#N)cc1)S(=O)(=O)c1ccc(O)c(N)c1. The molecule has 0 bridgehead atoms. The number of anilines is 2. The van der Waals surface area contributed by atoms with Crippen LogP contribution >= 0.6 is 0 Å². The maximum atomic E-state index is 12.5. The topological polar surface area (TPSA) is 107 Å². The van der Waals surface area contributed by atoms with Crippen molar-refractivity contribution in [3.05, 3.63) is 48.0 Å². The molecule has 6 nitrogen and oxygen atoms in total. The molecule has 0 spiro atoms. The van der Waals surface area contributed by atoms with E-state index >= 15 is 0 Å². The molecule has 0 aromatic heterocycles. The van der Waals surface area contributed by atoms with Crippen molar-refractivity contribution in [3.63, 3.8) is 0 Å². The van der Waals surface area contributed by atoms with Crippen molar-refractivity contribution in [2.24, 2.45) is 0 Å². The maximum Gasteiger partial charge on any atom is 0.264 e. The van der Waals surface area contributed by atoms with Crippen molar-refractivity contribution < 1.29 is 13.5 Å². The van der Waals surface area contributed by atoms with Crippen molar-refractivity contribution in [3.8, 4) is 11.8 Å². The molecule has 0 saturated heterocycles. The van der Waals surface area contributed by atoms with Crippen LogP contribution in [-0.2, 0) is 10.0 Å². The number of hydrogen-bond acceptors (Lipinski definition) is 5. The summed E-state index contributed by atoms with van der Waals surface area (Å²) < 4.78 is 26.0. The summed E-state index contributed by atoms with van der Waals surface area (Å²) in [7, 11) is -2.39. The zero-order valence-corrected chi connectivity index (χ0v) is 12.0. The van der Waals surface area contributed by atoms with E-state index in [-0.39, 0.29) is 16.3 Å². The lowest BCUT2D eigenvalue weighted by Crippen LogP contribution is -2.26. The number of rotatable bonds is 3. The Bertz CT molecular complexity index is 808. The number of nitrogens with two attached hydrogens (primary N) is 1. The molecule has 0 aliphatic heterocycles. The van der Waals surface area contributed by atoms with Crippen LogP contribution in [0.25, 0.3) is 0 Å². The van der Waals surface area contributed by atoms with E-state index in [9.17, 15) is 13.5 Å². The van der Waals surface area contributed by atoms with E-state index in [0.717, 1.165) is 4.31 Å². The molecule has 2 rings (SSSR count). The van der Waals surface area contributed by atoms with Gasteiger partial charge in [0.15, 0.2) is 0 Å². The Morgan fingerprint density at radius 3 is 2.33 bits per heavy atom. The van der Waals surface area contributed by atoms with E-state index in [2.05, 4.69) is 0 Å². The third-order valence-electron chi connectivity index (χ3n) is 3.02. The quantitative estimate of drug-likeness (QED) is 0.662. The Labute approximate surface area is 122 Å². The van der Waals surface area contributed by atoms with Crippen LogP contribution in [0.5, 0.6) is 5.75 Å². The van der Waals surface area contributed by atoms with Crippen molar-refractivity contribution in [2.75, 3.05) is 17.1 Å². The highest BCUT2D eigenvalue weighted by molar-refractivity contribution is 7.92. The average Bonchev–Trinajstić information content (AvgIpc) is 2.49. The molecule has 0 aliphatic rings. The minimum absolute atomic E-state index is 0.00990. The monoisotopic (exact) mass is 303 g/mol. The first-order valence-corrected chi connectivity index (χ1v) is 7.38. The lowest BCUT2D eigenvalue weighted by Gasteiger charge is -2.19. The number of hydrogen-bond donors (Lipinski definition) is 2. The summed E-state index contributed by atoms with van der Waals surface area (Å²) in [5.41, 5.74) is 6.38. The van der Waals surface area contributed by atoms with Crippen LogP contribution in [0.15, 0.2) is 47.4 Å². The maximum absolute atomic E-state index is 12.5. The molecular weight excluding hydrogens is 290 g/mol. The Kier molecular flexibility index (Phi) is 3.74. The van der Waals surface area contributed by atoms with Gasteiger partial charge in [-0.15, -0.1) is 0 Å². The molecule has 0 aliphatic carbocycles. The summed E-state index contributed by atoms with van der Waals surface area (Å²) in [6.45, 7) is 0. The average molecular weight is 303 g/mol. The van der Waals surface area contributed by atoms with Gasteiger partial charge in [0.25, 0.3) is 10.0 Å². The molecule has 0 unspecified atom stereocenters. The first-order chi connectivity index (χ1) is 9.86. The molecule has 2 aromatic carbocycles. The predicted molar refractivity (Wildman–Crippen MR) is 79.3 cm³/mol. The van der Waals surface area contributed by atoms with E-state index in [1.54, 1.807) is 12.1 Å².